The molecule has 1 nitrogen and oxygen atoms in total. The van der Waals surface area contributed by atoms with Gasteiger partial charge in [0.2, 0.25) is 0 Å². The molecule has 0 atom stereocenters. The molecule has 0 aliphatic heterocycles. The summed E-state index contributed by atoms with van der Waals surface area (Å²) in [4.78, 5) is 0. The van der Waals surface area contributed by atoms with Crippen molar-refractivity contribution in [2.45, 2.75) is 12.3 Å². The Morgan fingerprint density at radius 2 is 1.24 bits per heavy atom. The number of hydrogen-bond donors (Lipinski definition) is 1. The monoisotopic (exact) mass is 242 g/mol. The molecule has 2 heteroatoms. The van der Waals surface area contributed by atoms with Crippen molar-refractivity contribution in [3.8, 4) is 0 Å². The van der Waals surface area contributed by atoms with E-state index in [2.05, 4.69) is 0 Å². The summed E-state index contributed by atoms with van der Waals surface area (Å²) in [5.41, 5.74) is 1.37. The SMILES string of the molecule is CC(C(O)=S)(c1ccccc1)c1ccccc1. The van der Waals surface area contributed by atoms with Crippen molar-refractivity contribution in [1.82, 2.24) is 0 Å². The van der Waals surface area contributed by atoms with E-state index in [4.69, 9.17) is 12.2 Å². The van der Waals surface area contributed by atoms with E-state index >= 15 is 0 Å². The van der Waals surface area contributed by atoms with Crippen molar-refractivity contribution < 1.29 is 5.11 Å². The van der Waals surface area contributed by atoms with Crippen LogP contribution in [-0.2, 0) is 5.41 Å². The number of benzene rings is 2. The van der Waals surface area contributed by atoms with Crippen molar-refractivity contribution in [2.75, 3.05) is 0 Å². The third kappa shape index (κ3) is 2.08. The molecular formula is C15H14OS. The van der Waals surface area contributed by atoms with Crippen LogP contribution in [0.15, 0.2) is 60.7 Å². The van der Waals surface area contributed by atoms with Gasteiger partial charge in [0.25, 0.3) is 0 Å². The Hall–Kier alpha value is -1.67. The van der Waals surface area contributed by atoms with Gasteiger partial charge in [0, 0.05) is 0 Å². The van der Waals surface area contributed by atoms with Crippen LogP contribution in [0.4, 0.5) is 0 Å². The summed E-state index contributed by atoms with van der Waals surface area (Å²) in [5.74, 6) is 0. The number of thiocarbonyl (C=S) groups is 1. The Balaban J connectivity index is 2.59. The summed E-state index contributed by atoms with van der Waals surface area (Å²) in [6, 6.07) is 19.6. The molecule has 0 aromatic heterocycles. The molecule has 2 rings (SSSR count). The molecule has 0 saturated carbocycles. The molecule has 0 heterocycles. The van der Waals surface area contributed by atoms with Crippen molar-refractivity contribution in [1.29, 1.82) is 0 Å². The Bertz CT molecular complexity index is 465. The van der Waals surface area contributed by atoms with Crippen molar-refractivity contribution >= 4 is 17.3 Å². The molecular weight excluding hydrogens is 228 g/mol. The first-order chi connectivity index (χ1) is 8.15. The van der Waals surface area contributed by atoms with Crippen molar-refractivity contribution in [2.24, 2.45) is 0 Å². The van der Waals surface area contributed by atoms with Crippen molar-refractivity contribution in [3.63, 3.8) is 0 Å². The number of rotatable bonds is 3. The highest BCUT2D eigenvalue weighted by Crippen LogP contribution is 2.32. The van der Waals surface area contributed by atoms with E-state index < -0.39 is 5.41 Å². The van der Waals surface area contributed by atoms with Crippen molar-refractivity contribution in [3.05, 3.63) is 71.8 Å². The van der Waals surface area contributed by atoms with Gasteiger partial charge in [-0.05, 0) is 30.3 Å². The molecule has 2 aromatic rings. The summed E-state index contributed by atoms with van der Waals surface area (Å²) in [5, 5.41) is 9.91. The Morgan fingerprint density at radius 3 is 1.53 bits per heavy atom. The van der Waals surface area contributed by atoms with Crippen LogP contribution in [0.3, 0.4) is 0 Å². The maximum atomic E-state index is 9.91. The molecule has 86 valence electrons. The Morgan fingerprint density at radius 1 is 0.882 bits per heavy atom. The first kappa shape index (κ1) is 11.8. The predicted molar refractivity (Wildman–Crippen MR) is 74.6 cm³/mol. The molecule has 17 heavy (non-hydrogen) atoms. The largest absolute Gasteiger partial charge is 0.501 e. The molecule has 0 radical (unpaired) electrons. The van der Waals surface area contributed by atoms with Crippen LogP contribution >= 0.6 is 12.2 Å². The first-order valence-electron chi connectivity index (χ1n) is 5.50. The quantitative estimate of drug-likeness (QED) is 0.824. The van der Waals surface area contributed by atoms with Gasteiger partial charge in [0.15, 0.2) is 5.05 Å². The average Bonchev–Trinajstić information content (AvgIpc) is 2.39. The van der Waals surface area contributed by atoms with Crippen LogP contribution in [0.1, 0.15) is 18.1 Å². The van der Waals surface area contributed by atoms with E-state index in [-0.39, 0.29) is 5.05 Å². The smallest absolute Gasteiger partial charge is 0.171 e. The highest BCUT2D eigenvalue weighted by atomic mass is 32.1. The fraction of sp³-hybridized carbons (Fsp3) is 0.133. The van der Waals surface area contributed by atoms with E-state index in [9.17, 15) is 5.11 Å². The highest BCUT2D eigenvalue weighted by molar-refractivity contribution is 7.80. The van der Waals surface area contributed by atoms with Crippen LogP contribution in [0.5, 0.6) is 0 Å². The highest BCUT2D eigenvalue weighted by Gasteiger charge is 2.33. The molecule has 2 aromatic carbocycles. The van der Waals surface area contributed by atoms with Crippen LogP contribution in [0.25, 0.3) is 0 Å². The molecule has 0 saturated heterocycles. The fourth-order valence-corrected chi connectivity index (χ4v) is 2.19. The van der Waals surface area contributed by atoms with E-state index in [1.165, 1.54) is 0 Å². The van der Waals surface area contributed by atoms with Crippen LogP contribution < -0.4 is 0 Å². The number of hydrogen-bond acceptors (Lipinski definition) is 1. The van der Waals surface area contributed by atoms with Gasteiger partial charge < -0.3 is 5.11 Å². The van der Waals surface area contributed by atoms with E-state index in [1.807, 2.05) is 67.6 Å². The second kappa shape index (κ2) is 4.68. The Kier molecular flexibility index (Phi) is 3.25. The fourth-order valence-electron chi connectivity index (χ4n) is 1.96. The zero-order valence-electron chi connectivity index (χ0n) is 9.63. The van der Waals surface area contributed by atoms with E-state index in [1.54, 1.807) is 0 Å². The molecule has 1 N–H and O–H groups in total. The number of aliphatic hydroxyl groups is 1. The second-order valence-electron chi connectivity index (χ2n) is 4.16. The lowest BCUT2D eigenvalue weighted by atomic mass is 9.77. The summed E-state index contributed by atoms with van der Waals surface area (Å²) < 4.78 is 0. The first-order valence-corrected chi connectivity index (χ1v) is 5.91. The summed E-state index contributed by atoms with van der Waals surface area (Å²) in [7, 11) is 0. The van der Waals surface area contributed by atoms with E-state index in [0.717, 1.165) is 11.1 Å². The zero-order valence-corrected chi connectivity index (χ0v) is 10.4. The topological polar surface area (TPSA) is 20.2 Å². The molecule has 0 spiro atoms. The lowest BCUT2D eigenvalue weighted by Gasteiger charge is -2.28. The van der Waals surface area contributed by atoms with Gasteiger partial charge in [0.05, 0.1) is 5.41 Å². The Labute approximate surface area is 107 Å². The van der Waals surface area contributed by atoms with Gasteiger partial charge in [-0.15, -0.1) is 0 Å². The molecule has 0 amide bonds. The van der Waals surface area contributed by atoms with Gasteiger partial charge >= 0.3 is 0 Å². The number of aliphatic hydroxyl groups excluding tert-OH is 1. The molecule has 0 unspecified atom stereocenters. The molecule has 0 aliphatic carbocycles. The minimum Gasteiger partial charge on any atom is -0.501 e. The van der Waals surface area contributed by atoms with Gasteiger partial charge in [-0.3, -0.25) is 0 Å². The molecule has 0 bridgehead atoms. The summed E-state index contributed by atoms with van der Waals surface area (Å²) in [6.45, 7) is 1.94. The molecule has 0 fully saturated rings. The van der Waals surface area contributed by atoms with Crippen LogP contribution in [-0.4, -0.2) is 10.2 Å². The third-order valence-electron chi connectivity index (χ3n) is 3.13. The lowest BCUT2D eigenvalue weighted by Crippen LogP contribution is -2.32. The van der Waals surface area contributed by atoms with Gasteiger partial charge in [-0.1, -0.05) is 60.7 Å². The minimum absolute atomic E-state index is 0.00472. The average molecular weight is 242 g/mol. The zero-order chi connectivity index (χ0) is 12.3. The van der Waals surface area contributed by atoms with Gasteiger partial charge in [-0.2, -0.15) is 0 Å². The maximum Gasteiger partial charge on any atom is 0.171 e. The van der Waals surface area contributed by atoms with Gasteiger partial charge in [0.1, 0.15) is 0 Å². The van der Waals surface area contributed by atoms with Crippen LogP contribution in [0, 0.1) is 0 Å². The standard InChI is InChI=1S/C15H14OS/c1-15(14(16)17,12-8-4-2-5-9-12)13-10-6-3-7-11-13/h2-11H,1H3,(H,16,17). The second-order valence-corrected chi connectivity index (χ2v) is 4.55. The minimum atomic E-state index is -0.627. The summed E-state index contributed by atoms with van der Waals surface area (Å²) in [6.07, 6.45) is 0. The molecule has 0 aliphatic rings. The third-order valence-corrected chi connectivity index (χ3v) is 3.54. The summed E-state index contributed by atoms with van der Waals surface area (Å²) >= 11 is 5.05. The predicted octanol–water partition coefficient (Wildman–Crippen LogP) is 3.88. The van der Waals surface area contributed by atoms with Crippen LogP contribution in [0.2, 0.25) is 0 Å². The normalized spacial score (nSPS) is 11.1. The maximum absolute atomic E-state index is 9.91. The van der Waals surface area contributed by atoms with E-state index in [0.29, 0.717) is 0 Å². The van der Waals surface area contributed by atoms with Gasteiger partial charge in [-0.25, -0.2) is 0 Å². The lowest BCUT2D eigenvalue weighted by molar-refractivity contribution is 0.505.